The first kappa shape index (κ1) is 15.1. The summed E-state index contributed by atoms with van der Waals surface area (Å²) in [6.45, 7) is -0.0501. The minimum Gasteiger partial charge on any atom is -0.466 e. The Morgan fingerprint density at radius 1 is 1.23 bits per heavy atom. The minimum atomic E-state index is -0.761. The van der Waals surface area contributed by atoms with Crippen LogP contribution in [-0.2, 0) is 11.3 Å². The van der Waals surface area contributed by atoms with Gasteiger partial charge in [0.15, 0.2) is 5.58 Å². The number of hydrogen-bond donors (Lipinski definition) is 0. The van der Waals surface area contributed by atoms with Gasteiger partial charge in [0.2, 0.25) is 0 Å². The highest BCUT2D eigenvalue weighted by Crippen LogP contribution is 2.28. The lowest BCUT2D eigenvalue weighted by molar-refractivity contribution is 0.0441. The highest BCUT2D eigenvalue weighted by molar-refractivity contribution is 9.11. The molecule has 22 heavy (non-hydrogen) atoms. The maximum atomic E-state index is 12.0. The summed E-state index contributed by atoms with van der Waals surface area (Å²) in [4.78, 5) is 24.0. The van der Waals surface area contributed by atoms with Crippen molar-refractivity contribution in [2.45, 2.75) is 6.61 Å². The van der Waals surface area contributed by atoms with Crippen LogP contribution in [0.4, 0.5) is 0 Å². The third-order valence-corrected chi connectivity index (χ3v) is 3.94. The van der Waals surface area contributed by atoms with E-state index in [0.717, 1.165) is 4.47 Å². The summed E-state index contributed by atoms with van der Waals surface area (Å²) >= 11 is 6.65. The molecule has 0 radical (unpaired) electrons. The molecule has 0 saturated heterocycles. The largest absolute Gasteiger partial charge is 0.466 e. The highest BCUT2D eigenvalue weighted by Gasteiger charge is 2.17. The monoisotopic (exact) mass is 426 g/mol. The molecule has 7 heteroatoms. The molecule has 0 saturated carbocycles. The zero-order valence-electron chi connectivity index (χ0n) is 11.0. The number of rotatable bonds is 3. The van der Waals surface area contributed by atoms with Crippen molar-refractivity contribution in [2.24, 2.45) is 0 Å². The van der Waals surface area contributed by atoms with Gasteiger partial charge in [0, 0.05) is 9.86 Å². The fourth-order valence-electron chi connectivity index (χ4n) is 1.91. The summed E-state index contributed by atoms with van der Waals surface area (Å²) in [5, 5.41) is 0.603. The molecule has 0 unspecified atom stereocenters. The summed E-state index contributed by atoms with van der Waals surface area (Å²) in [6.07, 6.45) is 1.47. The van der Waals surface area contributed by atoms with E-state index < -0.39 is 11.6 Å². The number of benzene rings is 1. The van der Waals surface area contributed by atoms with Crippen LogP contribution in [0.5, 0.6) is 0 Å². The Balaban J connectivity index is 1.94. The van der Waals surface area contributed by atoms with Crippen LogP contribution in [0.1, 0.15) is 16.1 Å². The summed E-state index contributed by atoms with van der Waals surface area (Å²) < 4.78 is 16.7. The van der Waals surface area contributed by atoms with Crippen LogP contribution in [0.3, 0.4) is 0 Å². The molecule has 3 rings (SSSR count). The summed E-state index contributed by atoms with van der Waals surface area (Å²) in [5.74, 6) is -0.271. The number of ether oxygens (including phenoxy) is 1. The molecule has 0 aliphatic carbocycles. The first-order valence-corrected chi connectivity index (χ1v) is 7.75. The lowest BCUT2D eigenvalue weighted by Gasteiger charge is -2.05. The second-order valence-corrected chi connectivity index (χ2v) is 6.18. The maximum absolute atomic E-state index is 12.0. The molecule has 5 nitrogen and oxygen atoms in total. The van der Waals surface area contributed by atoms with E-state index in [2.05, 4.69) is 31.9 Å². The van der Waals surface area contributed by atoms with Gasteiger partial charge in [0.25, 0.3) is 0 Å². The second kappa shape index (κ2) is 6.10. The fourth-order valence-corrected chi connectivity index (χ4v) is 3.25. The Kier molecular flexibility index (Phi) is 4.17. The molecule has 0 bridgehead atoms. The van der Waals surface area contributed by atoms with Crippen molar-refractivity contribution in [3.63, 3.8) is 0 Å². The van der Waals surface area contributed by atoms with E-state index in [0.29, 0.717) is 21.2 Å². The van der Waals surface area contributed by atoms with Crippen molar-refractivity contribution in [1.29, 1.82) is 0 Å². The Bertz CT molecular complexity index is 896. The second-order valence-electron chi connectivity index (χ2n) is 4.41. The van der Waals surface area contributed by atoms with Crippen molar-refractivity contribution < 1.29 is 18.4 Å². The van der Waals surface area contributed by atoms with Crippen LogP contribution < -0.4 is 5.63 Å². The van der Waals surface area contributed by atoms with Crippen molar-refractivity contribution in [1.82, 2.24) is 0 Å². The Morgan fingerprint density at radius 2 is 2.05 bits per heavy atom. The predicted octanol–water partition coefficient (Wildman–Crippen LogP) is 4.27. The van der Waals surface area contributed by atoms with Gasteiger partial charge in [-0.1, -0.05) is 15.9 Å². The van der Waals surface area contributed by atoms with E-state index in [1.807, 2.05) is 0 Å². The number of hydrogen-bond acceptors (Lipinski definition) is 5. The Hall–Kier alpha value is -1.86. The lowest BCUT2D eigenvalue weighted by Crippen LogP contribution is -2.16. The van der Waals surface area contributed by atoms with Crippen LogP contribution >= 0.6 is 31.9 Å². The summed E-state index contributed by atoms with van der Waals surface area (Å²) in [6, 6.07) is 8.29. The Morgan fingerprint density at radius 3 is 2.77 bits per heavy atom. The maximum Gasteiger partial charge on any atom is 0.351 e. The molecule has 0 atom stereocenters. The molecular formula is C15H8Br2O5. The highest BCUT2D eigenvalue weighted by atomic mass is 79.9. The predicted molar refractivity (Wildman–Crippen MR) is 85.7 cm³/mol. The van der Waals surface area contributed by atoms with E-state index in [9.17, 15) is 9.59 Å². The molecule has 0 fully saturated rings. The molecule has 2 heterocycles. The van der Waals surface area contributed by atoms with Crippen molar-refractivity contribution >= 4 is 48.8 Å². The number of esters is 1. The topological polar surface area (TPSA) is 69.7 Å². The summed E-state index contributed by atoms with van der Waals surface area (Å²) in [5.41, 5.74) is -0.542. The summed E-state index contributed by atoms with van der Waals surface area (Å²) in [7, 11) is 0. The van der Waals surface area contributed by atoms with E-state index in [-0.39, 0.29) is 12.2 Å². The number of fused-ring (bicyclic) bond motifs is 1. The van der Waals surface area contributed by atoms with Crippen molar-refractivity contribution in [2.75, 3.05) is 0 Å². The van der Waals surface area contributed by atoms with Crippen LogP contribution in [0.2, 0.25) is 0 Å². The van der Waals surface area contributed by atoms with Gasteiger partial charge in [0.1, 0.15) is 17.9 Å². The third-order valence-electron chi connectivity index (χ3n) is 2.90. The number of carbonyl (C=O) groups excluding carboxylic acids is 1. The van der Waals surface area contributed by atoms with Gasteiger partial charge < -0.3 is 13.6 Å². The number of halogens is 2. The van der Waals surface area contributed by atoms with Crippen LogP contribution in [-0.4, -0.2) is 5.97 Å². The average molecular weight is 428 g/mol. The van der Waals surface area contributed by atoms with Gasteiger partial charge in [-0.25, -0.2) is 9.59 Å². The molecule has 1 aromatic carbocycles. The normalized spacial score (nSPS) is 10.8. The number of furan rings is 1. The van der Waals surface area contributed by atoms with Gasteiger partial charge in [-0.15, -0.1) is 0 Å². The SMILES string of the molecule is O=C(OCc1ccco1)c1cc2cc(Br)cc(Br)c2oc1=O. The molecule has 0 aliphatic heterocycles. The van der Waals surface area contributed by atoms with Gasteiger partial charge in [-0.2, -0.15) is 0 Å². The van der Waals surface area contributed by atoms with Gasteiger partial charge in [0.05, 0.1) is 10.7 Å². The molecular weight excluding hydrogens is 420 g/mol. The third kappa shape index (κ3) is 3.00. The van der Waals surface area contributed by atoms with Gasteiger partial charge >= 0.3 is 11.6 Å². The van der Waals surface area contributed by atoms with Gasteiger partial charge in [-0.05, 0) is 46.3 Å². The molecule has 0 spiro atoms. The molecule has 2 aromatic heterocycles. The van der Waals surface area contributed by atoms with E-state index in [4.69, 9.17) is 13.6 Å². The van der Waals surface area contributed by atoms with E-state index in [1.165, 1.54) is 12.3 Å². The zero-order valence-corrected chi connectivity index (χ0v) is 14.1. The molecule has 3 aromatic rings. The molecule has 0 amide bonds. The number of carbonyl (C=O) groups is 1. The minimum absolute atomic E-state index is 0.0501. The quantitative estimate of drug-likeness (QED) is 0.461. The van der Waals surface area contributed by atoms with Crippen molar-refractivity contribution in [3.05, 3.63) is 67.3 Å². The molecule has 0 N–H and O–H groups in total. The molecule has 112 valence electrons. The van der Waals surface area contributed by atoms with Gasteiger partial charge in [-0.3, -0.25) is 0 Å². The average Bonchev–Trinajstić information content (AvgIpc) is 2.98. The van der Waals surface area contributed by atoms with E-state index >= 15 is 0 Å². The van der Waals surface area contributed by atoms with Crippen LogP contribution in [0.25, 0.3) is 11.0 Å². The van der Waals surface area contributed by atoms with Crippen molar-refractivity contribution in [3.8, 4) is 0 Å². The first-order chi connectivity index (χ1) is 10.5. The van der Waals surface area contributed by atoms with E-state index in [1.54, 1.807) is 24.3 Å². The smallest absolute Gasteiger partial charge is 0.351 e. The lowest BCUT2D eigenvalue weighted by atomic mass is 10.2. The first-order valence-electron chi connectivity index (χ1n) is 6.17. The van der Waals surface area contributed by atoms with Crippen LogP contribution in [0, 0.1) is 0 Å². The fraction of sp³-hybridized carbons (Fsp3) is 0.0667. The Labute approximate surface area is 141 Å². The standard InChI is InChI=1S/C15H8Br2O5/c16-9-4-8-5-11(15(19)22-13(8)12(17)6-9)14(18)21-7-10-2-1-3-20-10/h1-6H,7H2. The zero-order chi connectivity index (χ0) is 15.7. The molecule has 0 aliphatic rings. The van der Waals surface area contributed by atoms with Crippen LogP contribution in [0.15, 0.2) is 59.2 Å².